The lowest BCUT2D eigenvalue weighted by Gasteiger charge is -2.11. The van der Waals surface area contributed by atoms with E-state index in [0.29, 0.717) is 119 Å². The minimum Gasteiger partial charge on any atom is -0.493 e. The third-order valence-electron chi connectivity index (χ3n) is 6.63. The van der Waals surface area contributed by atoms with E-state index in [1.165, 1.54) is 20.3 Å². The number of rotatable bonds is 22. The summed E-state index contributed by atoms with van der Waals surface area (Å²) in [7, 11) is 3.00. The van der Waals surface area contributed by atoms with Crippen molar-refractivity contribution in [3.05, 3.63) is 70.6 Å². The first-order valence-corrected chi connectivity index (χ1v) is 14.9. The van der Waals surface area contributed by atoms with Crippen LogP contribution in [0.5, 0.6) is 11.5 Å². The molecule has 0 unspecified atom stereocenters. The molecule has 248 valence electrons. The number of methoxy groups -OCH3 is 2. The average molecular weight is 641 g/mol. The van der Waals surface area contributed by atoms with Crippen molar-refractivity contribution in [2.75, 3.05) is 86.8 Å². The number of carbonyl (C=O) groups excluding carboxylic acids is 1. The molecule has 14 nitrogen and oxygen atoms in total. The number of nitrogens with zero attached hydrogens (tertiary/aromatic N) is 3. The lowest BCUT2D eigenvalue weighted by molar-refractivity contribution is -0.0113. The smallest absolute Gasteiger partial charge is 0.251 e. The number of amides is 1. The van der Waals surface area contributed by atoms with Crippen LogP contribution in [0.15, 0.2) is 64.1 Å². The Bertz CT molecular complexity index is 1530. The maximum absolute atomic E-state index is 12.7. The second-order valence-corrected chi connectivity index (χ2v) is 9.71. The molecule has 0 aliphatic carbocycles. The van der Waals surface area contributed by atoms with Crippen LogP contribution < -0.4 is 20.2 Å². The Labute approximate surface area is 266 Å². The third-order valence-corrected chi connectivity index (χ3v) is 6.63. The Balaban J connectivity index is 1.02. The highest BCUT2D eigenvalue weighted by Gasteiger charge is 2.16. The van der Waals surface area contributed by atoms with E-state index in [4.69, 9.17) is 37.6 Å². The minimum atomic E-state index is -0.241. The van der Waals surface area contributed by atoms with Crippen LogP contribution in [0, 0.1) is 0 Å². The highest BCUT2D eigenvalue weighted by molar-refractivity contribution is 5.94. The van der Waals surface area contributed by atoms with E-state index >= 15 is 0 Å². The second-order valence-electron chi connectivity index (χ2n) is 9.71. The van der Waals surface area contributed by atoms with Crippen molar-refractivity contribution >= 4 is 16.9 Å². The molecule has 0 bridgehead atoms. The maximum Gasteiger partial charge on any atom is 0.251 e. The minimum absolute atomic E-state index is 0.214. The van der Waals surface area contributed by atoms with Gasteiger partial charge in [0.15, 0.2) is 16.8 Å². The maximum atomic E-state index is 12.7. The quantitative estimate of drug-likeness (QED) is 0.126. The Morgan fingerprint density at radius 3 is 2.02 bits per heavy atom. The SMILES string of the molecule is COc1ccc2c(=O)cc(-c3ccc(C(=O)NCCOCCOCCOCCOCCOCCn4ccnn4)cc3)oc2c1OC. The van der Waals surface area contributed by atoms with Crippen molar-refractivity contribution in [2.24, 2.45) is 0 Å². The summed E-state index contributed by atoms with van der Waals surface area (Å²) >= 11 is 0. The average Bonchev–Trinajstić information content (AvgIpc) is 3.60. The summed E-state index contributed by atoms with van der Waals surface area (Å²) in [6.07, 6.45) is 3.42. The molecule has 4 aromatic rings. The molecule has 0 saturated carbocycles. The van der Waals surface area contributed by atoms with Gasteiger partial charge in [0, 0.05) is 29.9 Å². The lowest BCUT2D eigenvalue weighted by Crippen LogP contribution is -2.27. The molecule has 0 atom stereocenters. The molecule has 2 heterocycles. The Morgan fingerprint density at radius 1 is 0.804 bits per heavy atom. The van der Waals surface area contributed by atoms with Gasteiger partial charge in [0.2, 0.25) is 5.75 Å². The van der Waals surface area contributed by atoms with Gasteiger partial charge in [-0.2, -0.15) is 0 Å². The van der Waals surface area contributed by atoms with E-state index < -0.39 is 0 Å². The van der Waals surface area contributed by atoms with E-state index in [1.807, 2.05) is 0 Å². The predicted octanol–water partition coefficient (Wildman–Crippen LogP) is 2.58. The summed E-state index contributed by atoms with van der Waals surface area (Å²) in [5.74, 6) is 0.900. The van der Waals surface area contributed by atoms with Crippen LogP contribution in [-0.2, 0) is 30.2 Å². The second kappa shape index (κ2) is 19.2. The van der Waals surface area contributed by atoms with Crippen molar-refractivity contribution in [1.82, 2.24) is 20.3 Å². The molecule has 2 aromatic heterocycles. The van der Waals surface area contributed by atoms with Crippen LogP contribution in [-0.4, -0.2) is 108 Å². The summed E-state index contributed by atoms with van der Waals surface area (Å²) in [6, 6.07) is 11.5. The van der Waals surface area contributed by atoms with Crippen LogP contribution in [0.25, 0.3) is 22.3 Å². The number of aromatic nitrogens is 3. The van der Waals surface area contributed by atoms with Gasteiger partial charge in [-0.25, -0.2) is 0 Å². The molecule has 14 heteroatoms. The van der Waals surface area contributed by atoms with Crippen LogP contribution in [0.3, 0.4) is 0 Å². The normalized spacial score (nSPS) is 11.2. The first-order chi connectivity index (χ1) is 22.6. The van der Waals surface area contributed by atoms with Crippen LogP contribution in [0.2, 0.25) is 0 Å². The molecular weight excluding hydrogens is 600 g/mol. The van der Waals surface area contributed by atoms with Crippen molar-refractivity contribution < 1.29 is 42.4 Å². The number of benzene rings is 2. The number of carbonyl (C=O) groups is 1. The van der Waals surface area contributed by atoms with Gasteiger partial charge in [0.05, 0.1) is 98.4 Å². The molecule has 1 amide bonds. The molecule has 0 spiro atoms. The first kappa shape index (κ1) is 34.5. The number of fused-ring (bicyclic) bond motifs is 1. The predicted molar refractivity (Wildman–Crippen MR) is 167 cm³/mol. The number of hydrogen-bond acceptors (Lipinski definition) is 12. The van der Waals surface area contributed by atoms with Gasteiger partial charge in [-0.1, -0.05) is 17.3 Å². The molecule has 2 aromatic carbocycles. The number of ether oxygens (including phenoxy) is 7. The van der Waals surface area contributed by atoms with Gasteiger partial charge in [-0.3, -0.25) is 14.3 Å². The van der Waals surface area contributed by atoms with E-state index in [-0.39, 0.29) is 11.3 Å². The lowest BCUT2D eigenvalue weighted by atomic mass is 10.1. The van der Waals surface area contributed by atoms with Crippen LogP contribution in [0.4, 0.5) is 0 Å². The van der Waals surface area contributed by atoms with Crippen molar-refractivity contribution in [1.29, 1.82) is 0 Å². The molecule has 46 heavy (non-hydrogen) atoms. The fraction of sp³-hybridized carbons (Fsp3) is 0.438. The Kier molecular flexibility index (Phi) is 14.4. The van der Waals surface area contributed by atoms with Crippen molar-refractivity contribution in [3.8, 4) is 22.8 Å². The Hall–Kier alpha value is -4.34. The monoisotopic (exact) mass is 640 g/mol. The van der Waals surface area contributed by atoms with Crippen molar-refractivity contribution in [3.63, 3.8) is 0 Å². The van der Waals surface area contributed by atoms with Crippen molar-refractivity contribution in [2.45, 2.75) is 6.54 Å². The standard InChI is InChI=1S/C32H40N4O10/c1-39-28-8-7-26-27(37)23-29(46-30(26)31(28)40-2)24-3-5-25(6-4-24)32(38)33-10-13-41-15-17-43-19-21-45-22-20-44-18-16-42-14-12-36-11-9-34-35-36/h3-9,11,23H,10,12-22H2,1-2H3,(H,33,38). The molecule has 0 aliphatic rings. The van der Waals surface area contributed by atoms with Gasteiger partial charge in [0.1, 0.15) is 5.76 Å². The number of hydrogen-bond donors (Lipinski definition) is 1. The third kappa shape index (κ3) is 10.6. The molecule has 0 saturated heterocycles. The summed E-state index contributed by atoms with van der Waals surface area (Å²) in [5, 5.41) is 10.8. The topological polar surface area (TPSA) is 155 Å². The zero-order valence-corrected chi connectivity index (χ0v) is 26.1. The fourth-order valence-electron chi connectivity index (χ4n) is 4.29. The zero-order chi connectivity index (χ0) is 32.4. The van der Waals surface area contributed by atoms with Gasteiger partial charge in [-0.15, -0.1) is 5.10 Å². The molecule has 0 fully saturated rings. The van der Waals surface area contributed by atoms with Crippen LogP contribution in [0.1, 0.15) is 10.4 Å². The first-order valence-electron chi connectivity index (χ1n) is 14.9. The van der Waals surface area contributed by atoms with Crippen LogP contribution >= 0.6 is 0 Å². The van der Waals surface area contributed by atoms with E-state index in [1.54, 1.807) is 53.5 Å². The van der Waals surface area contributed by atoms with E-state index in [9.17, 15) is 9.59 Å². The van der Waals surface area contributed by atoms with Gasteiger partial charge in [-0.05, 0) is 24.3 Å². The molecule has 4 rings (SSSR count). The van der Waals surface area contributed by atoms with Gasteiger partial charge < -0.3 is 42.9 Å². The molecule has 1 N–H and O–H groups in total. The zero-order valence-electron chi connectivity index (χ0n) is 26.1. The Morgan fingerprint density at radius 2 is 1.43 bits per heavy atom. The number of nitrogens with one attached hydrogen (secondary N) is 1. The van der Waals surface area contributed by atoms with Gasteiger partial charge >= 0.3 is 0 Å². The largest absolute Gasteiger partial charge is 0.493 e. The molecule has 0 radical (unpaired) electrons. The summed E-state index contributed by atoms with van der Waals surface area (Å²) < 4.78 is 45.9. The summed E-state index contributed by atoms with van der Waals surface area (Å²) in [6.45, 7) is 5.61. The van der Waals surface area contributed by atoms with E-state index in [0.717, 1.165) is 0 Å². The fourth-order valence-corrected chi connectivity index (χ4v) is 4.29. The van der Waals surface area contributed by atoms with Gasteiger partial charge in [0.25, 0.3) is 5.91 Å². The molecule has 0 aliphatic heterocycles. The summed E-state index contributed by atoms with van der Waals surface area (Å²) in [4.78, 5) is 25.3. The summed E-state index contributed by atoms with van der Waals surface area (Å²) in [5.41, 5.74) is 1.18. The molecular formula is C32H40N4O10. The van der Waals surface area contributed by atoms with E-state index in [2.05, 4.69) is 15.6 Å². The highest BCUT2D eigenvalue weighted by Crippen LogP contribution is 2.36. The highest BCUT2D eigenvalue weighted by atomic mass is 16.6.